The molecule has 22 heavy (non-hydrogen) atoms. The van der Waals surface area contributed by atoms with Crippen molar-refractivity contribution in [3.63, 3.8) is 0 Å². The number of hydrogen-bond acceptors (Lipinski definition) is 2. The van der Waals surface area contributed by atoms with Crippen LogP contribution in [0.3, 0.4) is 0 Å². The van der Waals surface area contributed by atoms with E-state index >= 15 is 0 Å². The first-order valence-corrected chi connectivity index (χ1v) is 9.21. The zero-order valence-electron chi connectivity index (χ0n) is 14.9. The van der Waals surface area contributed by atoms with Crippen LogP contribution in [0.15, 0.2) is 11.6 Å². The Bertz CT molecular complexity index is 466. The molecular formula is C20H34O2. The Morgan fingerprint density at radius 2 is 1.91 bits per heavy atom. The van der Waals surface area contributed by atoms with Gasteiger partial charge in [-0.25, -0.2) is 0 Å². The average molecular weight is 306 g/mol. The van der Waals surface area contributed by atoms with E-state index < -0.39 is 6.10 Å². The zero-order chi connectivity index (χ0) is 16.2. The summed E-state index contributed by atoms with van der Waals surface area (Å²) in [5.41, 5.74) is 2.35. The van der Waals surface area contributed by atoms with E-state index in [1.165, 1.54) is 32.1 Å². The molecule has 3 rings (SSSR count). The van der Waals surface area contributed by atoms with Gasteiger partial charge in [-0.05, 0) is 66.6 Å². The maximum Gasteiger partial charge on any atom is 0.0827 e. The van der Waals surface area contributed by atoms with Gasteiger partial charge in [-0.2, -0.15) is 0 Å². The van der Waals surface area contributed by atoms with Crippen LogP contribution < -0.4 is 0 Å². The lowest BCUT2D eigenvalue weighted by Crippen LogP contribution is -2.51. The van der Waals surface area contributed by atoms with Crippen LogP contribution in [0.1, 0.15) is 72.6 Å². The highest BCUT2D eigenvalue weighted by molar-refractivity contribution is 5.23. The molecule has 2 saturated carbocycles. The van der Waals surface area contributed by atoms with Gasteiger partial charge in [-0.15, -0.1) is 0 Å². The van der Waals surface area contributed by atoms with Gasteiger partial charge < -0.3 is 10.2 Å². The van der Waals surface area contributed by atoms with Gasteiger partial charge >= 0.3 is 0 Å². The highest BCUT2D eigenvalue weighted by Crippen LogP contribution is 2.63. The van der Waals surface area contributed by atoms with Crippen LogP contribution in [-0.2, 0) is 0 Å². The highest BCUT2D eigenvalue weighted by atomic mass is 16.3. The monoisotopic (exact) mass is 306 g/mol. The predicted octanol–water partition coefficient (Wildman–Crippen LogP) is 4.31. The van der Waals surface area contributed by atoms with Crippen LogP contribution in [0.25, 0.3) is 0 Å². The molecule has 3 aliphatic rings. The van der Waals surface area contributed by atoms with E-state index in [4.69, 9.17) is 0 Å². The Morgan fingerprint density at radius 1 is 1.18 bits per heavy atom. The number of fused-ring (bicyclic) bond motifs is 3. The van der Waals surface area contributed by atoms with Crippen molar-refractivity contribution in [3.8, 4) is 0 Å². The molecular weight excluding hydrogens is 272 g/mol. The molecule has 2 fully saturated rings. The van der Waals surface area contributed by atoms with Gasteiger partial charge in [0.15, 0.2) is 0 Å². The fourth-order valence-electron chi connectivity index (χ4n) is 6.25. The van der Waals surface area contributed by atoms with Gasteiger partial charge in [0.2, 0.25) is 0 Å². The summed E-state index contributed by atoms with van der Waals surface area (Å²) < 4.78 is 0. The zero-order valence-corrected chi connectivity index (χ0v) is 14.9. The predicted molar refractivity (Wildman–Crippen MR) is 90.5 cm³/mol. The summed E-state index contributed by atoms with van der Waals surface area (Å²) in [4.78, 5) is 0. The first-order chi connectivity index (χ1) is 10.2. The van der Waals surface area contributed by atoms with Gasteiger partial charge in [0, 0.05) is 0 Å². The summed E-state index contributed by atoms with van der Waals surface area (Å²) in [6.07, 6.45) is 10.4. The third kappa shape index (κ3) is 2.38. The van der Waals surface area contributed by atoms with Crippen molar-refractivity contribution in [2.24, 2.45) is 28.1 Å². The number of aliphatic hydroxyl groups excluding tert-OH is 2. The van der Waals surface area contributed by atoms with E-state index in [0.29, 0.717) is 16.7 Å². The van der Waals surface area contributed by atoms with Crippen molar-refractivity contribution in [3.05, 3.63) is 11.6 Å². The van der Waals surface area contributed by atoms with Crippen molar-refractivity contribution in [2.75, 3.05) is 6.61 Å². The molecule has 2 N–H and O–H groups in total. The molecule has 5 atom stereocenters. The van der Waals surface area contributed by atoms with Crippen molar-refractivity contribution in [1.82, 2.24) is 0 Å². The van der Waals surface area contributed by atoms with Crippen LogP contribution in [0.5, 0.6) is 0 Å². The third-order valence-corrected chi connectivity index (χ3v) is 7.72. The molecule has 0 saturated heterocycles. The quantitative estimate of drug-likeness (QED) is 0.746. The van der Waals surface area contributed by atoms with Crippen LogP contribution in [0.2, 0.25) is 0 Å². The Morgan fingerprint density at radius 3 is 2.59 bits per heavy atom. The maximum absolute atomic E-state index is 10.2. The molecule has 0 aliphatic heterocycles. The SMILES string of the molecule is CC1(C)CCCC2(C)C3CCC(C)(C(O)CO)CC3=CCC12. The number of hydrogen-bond donors (Lipinski definition) is 2. The van der Waals surface area contributed by atoms with Gasteiger partial charge in [0.1, 0.15) is 0 Å². The Balaban J connectivity index is 1.89. The van der Waals surface area contributed by atoms with Gasteiger partial charge in [0.05, 0.1) is 12.7 Å². The Hall–Kier alpha value is -0.340. The molecule has 0 spiro atoms. The Kier molecular flexibility index (Phi) is 4.01. The fourth-order valence-corrected chi connectivity index (χ4v) is 6.25. The maximum atomic E-state index is 10.2. The van der Waals surface area contributed by atoms with Gasteiger partial charge in [0.25, 0.3) is 0 Å². The molecule has 2 nitrogen and oxygen atoms in total. The second-order valence-corrected chi connectivity index (χ2v) is 9.54. The molecule has 0 radical (unpaired) electrons. The molecule has 0 amide bonds. The molecule has 0 aromatic carbocycles. The average Bonchev–Trinajstić information content (AvgIpc) is 2.45. The van der Waals surface area contributed by atoms with Crippen molar-refractivity contribution in [2.45, 2.75) is 78.7 Å². The van der Waals surface area contributed by atoms with E-state index in [-0.39, 0.29) is 12.0 Å². The molecule has 126 valence electrons. The van der Waals surface area contributed by atoms with Crippen molar-refractivity contribution in [1.29, 1.82) is 0 Å². The van der Waals surface area contributed by atoms with Crippen LogP contribution in [0, 0.1) is 28.1 Å². The van der Waals surface area contributed by atoms with Crippen LogP contribution >= 0.6 is 0 Å². The number of rotatable bonds is 2. The normalized spacial score (nSPS) is 45.5. The summed E-state index contributed by atoms with van der Waals surface area (Å²) in [6, 6.07) is 0. The third-order valence-electron chi connectivity index (χ3n) is 7.72. The topological polar surface area (TPSA) is 40.5 Å². The van der Waals surface area contributed by atoms with E-state index in [1.807, 2.05) is 0 Å². The molecule has 5 unspecified atom stereocenters. The second kappa shape index (κ2) is 5.34. The molecule has 0 heterocycles. The summed E-state index contributed by atoms with van der Waals surface area (Å²) in [5.74, 6) is 1.50. The fraction of sp³-hybridized carbons (Fsp3) is 0.900. The summed E-state index contributed by atoms with van der Waals surface area (Å²) in [5, 5.41) is 19.6. The standard InChI is InChI=1S/C20H34O2/c1-18(2)9-5-10-20(4)15-8-11-19(3,17(22)13-21)12-14(15)6-7-16(18)20/h6,15-17,21-22H,5,7-13H2,1-4H3. The van der Waals surface area contributed by atoms with E-state index in [1.54, 1.807) is 5.57 Å². The minimum absolute atomic E-state index is 0.110. The summed E-state index contributed by atoms with van der Waals surface area (Å²) in [6.45, 7) is 9.53. The molecule has 0 bridgehead atoms. The summed E-state index contributed by atoms with van der Waals surface area (Å²) in [7, 11) is 0. The van der Waals surface area contributed by atoms with Gasteiger partial charge in [-0.3, -0.25) is 0 Å². The largest absolute Gasteiger partial charge is 0.394 e. The van der Waals surface area contributed by atoms with E-state index in [0.717, 1.165) is 18.8 Å². The van der Waals surface area contributed by atoms with Crippen molar-refractivity contribution >= 4 is 0 Å². The first-order valence-electron chi connectivity index (χ1n) is 9.21. The highest BCUT2D eigenvalue weighted by Gasteiger charge is 2.54. The van der Waals surface area contributed by atoms with E-state index in [2.05, 4.69) is 33.8 Å². The lowest BCUT2D eigenvalue weighted by Gasteiger charge is -2.59. The molecule has 3 aliphatic carbocycles. The minimum Gasteiger partial charge on any atom is -0.394 e. The minimum atomic E-state index is -0.581. The second-order valence-electron chi connectivity index (χ2n) is 9.54. The van der Waals surface area contributed by atoms with Crippen LogP contribution in [0.4, 0.5) is 0 Å². The van der Waals surface area contributed by atoms with Crippen molar-refractivity contribution < 1.29 is 10.2 Å². The molecule has 0 aromatic heterocycles. The lowest BCUT2D eigenvalue weighted by molar-refractivity contribution is -0.0717. The number of allylic oxidation sites excluding steroid dienone is 2. The lowest BCUT2D eigenvalue weighted by atomic mass is 9.45. The summed E-state index contributed by atoms with van der Waals surface area (Å²) >= 11 is 0. The molecule has 2 heteroatoms. The first kappa shape index (κ1) is 16.5. The van der Waals surface area contributed by atoms with Gasteiger partial charge in [-0.1, -0.05) is 45.8 Å². The van der Waals surface area contributed by atoms with E-state index in [9.17, 15) is 10.2 Å². The smallest absolute Gasteiger partial charge is 0.0827 e. The number of aliphatic hydroxyl groups is 2. The van der Waals surface area contributed by atoms with Crippen LogP contribution in [-0.4, -0.2) is 22.9 Å². The Labute approximate surface area is 136 Å². The molecule has 0 aromatic rings.